The first-order valence-corrected chi connectivity index (χ1v) is 6.72. The van der Waals surface area contributed by atoms with Crippen LogP contribution in [0.1, 0.15) is 18.1 Å². The SMILES string of the molecule is COCCCOC(CI)c1cccc(F)c1. The number of methoxy groups -OCH3 is 1. The molecule has 1 unspecified atom stereocenters. The van der Waals surface area contributed by atoms with Crippen molar-refractivity contribution >= 4 is 22.6 Å². The lowest BCUT2D eigenvalue weighted by molar-refractivity contribution is 0.0540. The minimum atomic E-state index is -0.215. The minimum Gasteiger partial charge on any atom is -0.385 e. The molecule has 0 saturated carbocycles. The van der Waals surface area contributed by atoms with E-state index in [2.05, 4.69) is 22.6 Å². The van der Waals surface area contributed by atoms with Crippen LogP contribution in [0.5, 0.6) is 0 Å². The zero-order valence-electron chi connectivity index (χ0n) is 9.29. The third-order valence-electron chi connectivity index (χ3n) is 2.17. The van der Waals surface area contributed by atoms with Crippen LogP contribution in [0.4, 0.5) is 4.39 Å². The molecule has 0 aromatic heterocycles. The van der Waals surface area contributed by atoms with Gasteiger partial charge in [-0.15, -0.1) is 0 Å². The third kappa shape index (κ3) is 4.76. The number of hydrogen-bond donors (Lipinski definition) is 0. The fourth-order valence-electron chi connectivity index (χ4n) is 1.37. The van der Waals surface area contributed by atoms with Gasteiger partial charge in [-0.3, -0.25) is 0 Å². The third-order valence-corrected chi connectivity index (χ3v) is 2.97. The first kappa shape index (κ1) is 13.9. The minimum absolute atomic E-state index is 0.0341. The predicted octanol–water partition coefficient (Wildman–Crippen LogP) is 3.35. The molecule has 0 spiro atoms. The number of hydrogen-bond acceptors (Lipinski definition) is 2. The number of benzene rings is 1. The van der Waals surface area contributed by atoms with Gasteiger partial charge in [-0.05, 0) is 24.1 Å². The lowest BCUT2D eigenvalue weighted by Crippen LogP contribution is -2.08. The molecule has 0 aliphatic rings. The molecule has 1 atom stereocenters. The molecule has 0 fully saturated rings. The Morgan fingerprint density at radius 1 is 1.38 bits per heavy atom. The second-order valence-electron chi connectivity index (χ2n) is 3.42. The molecule has 0 aliphatic carbocycles. The molecular formula is C12H16FIO2. The summed E-state index contributed by atoms with van der Waals surface area (Å²) in [6.45, 7) is 1.33. The summed E-state index contributed by atoms with van der Waals surface area (Å²) in [5.41, 5.74) is 0.895. The van der Waals surface area contributed by atoms with Crippen LogP contribution in [0.3, 0.4) is 0 Å². The molecule has 0 saturated heterocycles. The van der Waals surface area contributed by atoms with E-state index in [1.54, 1.807) is 13.2 Å². The van der Waals surface area contributed by atoms with Crippen LogP contribution >= 0.6 is 22.6 Å². The highest BCUT2D eigenvalue weighted by atomic mass is 127. The van der Waals surface area contributed by atoms with E-state index in [1.165, 1.54) is 12.1 Å². The molecule has 0 aliphatic heterocycles. The van der Waals surface area contributed by atoms with E-state index in [9.17, 15) is 4.39 Å². The molecule has 2 nitrogen and oxygen atoms in total. The van der Waals surface area contributed by atoms with Gasteiger partial charge in [0.05, 0.1) is 6.10 Å². The van der Waals surface area contributed by atoms with Crippen LogP contribution in [-0.4, -0.2) is 24.8 Å². The van der Waals surface area contributed by atoms with Gasteiger partial charge in [-0.25, -0.2) is 4.39 Å². The molecule has 1 aromatic carbocycles. The molecule has 4 heteroatoms. The monoisotopic (exact) mass is 338 g/mol. The average Bonchev–Trinajstić information content (AvgIpc) is 2.29. The van der Waals surface area contributed by atoms with Crippen molar-refractivity contribution in [1.29, 1.82) is 0 Å². The Morgan fingerprint density at radius 3 is 2.81 bits per heavy atom. The van der Waals surface area contributed by atoms with E-state index >= 15 is 0 Å². The summed E-state index contributed by atoms with van der Waals surface area (Å²) in [5, 5.41) is 0. The summed E-state index contributed by atoms with van der Waals surface area (Å²) in [6, 6.07) is 6.57. The molecule has 16 heavy (non-hydrogen) atoms. The van der Waals surface area contributed by atoms with E-state index in [0.29, 0.717) is 13.2 Å². The molecule has 0 radical (unpaired) electrons. The van der Waals surface area contributed by atoms with Crippen LogP contribution in [0.25, 0.3) is 0 Å². The fourth-order valence-corrected chi connectivity index (χ4v) is 2.13. The second-order valence-corrected chi connectivity index (χ2v) is 4.30. The van der Waals surface area contributed by atoms with E-state index in [-0.39, 0.29) is 11.9 Å². The number of rotatable bonds is 7. The van der Waals surface area contributed by atoms with Gasteiger partial charge >= 0.3 is 0 Å². The molecular weight excluding hydrogens is 322 g/mol. The Labute approximate surface area is 109 Å². The Balaban J connectivity index is 2.47. The van der Waals surface area contributed by atoms with Crippen molar-refractivity contribution in [3.63, 3.8) is 0 Å². The topological polar surface area (TPSA) is 18.5 Å². The van der Waals surface area contributed by atoms with Crippen LogP contribution in [-0.2, 0) is 9.47 Å². The molecule has 1 rings (SSSR count). The number of alkyl halides is 1. The van der Waals surface area contributed by atoms with Gasteiger partial charge in [0.2, 0.25) is 0 Å². The van der Waals surface area contributed by atoms with Gasteiger partial charge in [0.1, 0.15) is 5.82 Å². The Hall–Kier alpha value is -0.200. The van der Waals surface area contributed by atoms with Crippen molar-refractivity contribution < 1.29 is 13.9 Å². The Morgan fingerprint density at radius 2 is 2.19 bits per heavy atom. The van der Waals surface area contributed by atoms with Crippen LogP contribution in [0, 0.1) is 5.82 Å². The summed E-state index contributed by atoms with van der Waals surface area (Å²) < 4.78 is 24.5. The summed E-state index contributed by atoms with van der Waals surface area (Å²) >= 11 is 2.25. The molecule has 1 aromatic rings. The lowest BCUT2D eigenvalue weighted by atomic mass is 10.1. The maximum Gasteiger partial charge on any atom is 0.123 e. The van der Waals surface area contributed by atoms with Gasteiger partial charge < -0.3 is 9.47 Å². The Bertz CT molecular complexity index is 307. The molecule has 90 valence electrons. The smallest absolute Gasteiger partial charge is 0.123 e. The van der Waals surface area contributed by atoms with Gasteiger partial charge in [0.25, 0.3) is 0 Å². The highest BCUT2D eigenvalue weighted by molar-refractivity contribution is 14.1. The zero-order chi connectivity index (χ0) is 11.8. The average molecular weight is 338 g/mol. The summed E-state index contributed by atoms with van der Waals surface area (Å²) in [6.07, 6.45) is 0.826. The molecule has 0 bridgehead atoms. The fraction of sp³-hybridized carbons (Fsp3) is 0.500. The number of ether oxygens (including phenoxy) is 2. The highest BCUT2D eigenvalue weighted by Crippen LogP contribution is 2.20. The van der Waals surface area contributed by atoms with E-state index in [0.717, 1.165) is 16.4 Å². The Kier molecular flexibility index (Phi) is 6.91. The lowest BCUT2D eigenvalue weighted by Gasteiger charge is -2.15. The van der Waals surface area contributed by atoms with Crippen molar-refractivity contribution in [2.45, 2.75) is 12.5 Å². The van der Waals surface area contributed by atoms with Crippen molar-refractivity contribution in [3.8, 4) is 0 Å². The van der Waals surface area contributed by atoms with Crippen molar-refractivity contribution in [2.24, 2.45) is 0 Å². The van der Waals surface area contributed by atoms with Gasteiger partial charge in [-0.1, -0.05) is 34.7 Å². The highest BCUT2D eigenvalue weighted by Gasteiger charge is 2.10. The molecule has 0 amide bonds. The normalized spacial score (nSPS) is 12.7. The summed E-state index contributed by atoms with van der Waals surface area (Å²) in [5.74, 6) is -0.215. The molecule has 0 N–H and O–H groups in total. The van der Waals surface area contributed by atoms with Crippen molar-refractivity contribution in [1.82, 2.24) is 0 Å². The van der Waals surface area contributed by atoms with Crippen molar-refractivity contribution in [3.05, 3.63) is 35.6 Å². The second kappa shape index (κ2) is 7.97. The van der Waals surface area contributed by atoms with Crippen LogP contribution < -0.4 is 0 Å². The first-order valence-electron chi connectivity index (χ1n) is 5.20. The summed E-state index contributed by atoms with van der Waals surface area (Å²) in [7, 11) is 1.67. The van der Waals surface area contributed by atoms with E-state index in [1.807, 2.05) is 6.07 Å². The quantitative estimate of drug-likeness (QED) is 0.431. The van der Waals surface area contributed by atoms with Gasteiger partial charge in [0, 0.05) is 24.8 Å². The maximum atomic E-state index is 13.0. The largest absolute Gasteiger partial charge is 0.385 e. The van der Waals surface area contributed by atoms with E-state index in [4.69, 9.17) is 9.47 Å². The zero-order valence-corrected chi connectivity index (χ0v) is 11.4. The van der Waals surface area contributed by atoms with Crippen LogP contribution in [0.15, 0.2) is 24.3 Å². The van der Waals surface area contributed by atoms with Gasteiger partial charge in [0.15, 0.2) is 0 Å². The van der Waals surface area contributed by atoms with Gasteiger partial charge in [-0.2, -0.15) is 0 Å². The number of halogens is 2. The summed E-state index contributed by atoms with van der Waals surface area (Å²) in [4.78, 5) is 0. The standard InChI is InChI=1S/C12H16FIO2/c1-15-6-3-7-16-12(9-14)10-4-2-5-11(13)8-10/h2,4-5,8,12H,3,6-7,9H2,1H3. The maximum absolute atomic E-state index is 13.0. The van der Waals surface area contributed by atoms with Crippen molar-refractivity contribution in [2.75, 3.05) is 24.8 Å². The first-order chi connectivity index (χ1) is 7.77. The van der Waals surface area contributed by atoms with Crippen LogP contribution in [0.2, 0.25) is 0 Å². The molecule has 0 heterocycles. The van der Waals surface area contributed by atoms with E-state index < -0.39 is 0 Å². The predicted molar refractivity (Wildman–Crippen MR) is 70.5 cm³/mol.